The zero-order valence-electron chi connectivity index (χ0n) is 11.8. The van der Waals surface area contributed by atoms with Gasteiger partial charge >= 0.3 is 12.0 Å². The number of aryl methyl sites for hydroxylation is 1. The predicted octanol–water partition coefficient (Wildman–Crippen LogP) is 3.15. The lowest BCUT2D eigenvalue weighted by Crippen LogP contribution is -2.54. The third-order valence-electron chi connectivity index (χ3n) is 4.09. The summed E-state index contributed by atoms with van der Waals surface area (Å²) in [6.07, 6.45) is 4.12. The molecule has 0 aliphatic heterocycles. The van der Waals surface area contributed by atoms with Crippen LogP contribution in [-0.2, 0) is 0 Å². The van der Waals surface area contributed by atoms with Crippen LogP contribution in [0.4, 0.5) is 10.5 Å². The molecular formula is C15H20N2O3. The summed E-state index contributed by atoms with van der Waals surface area (Å²) in [6.45, 7) is 3.85. The van der Waals surface area contributed by atoms with E-state index in [9.17, 15) is 9.59 Å². The van der Waals surface area contributed by atoms with Crippen molar-refractivity contribution < 1.29 is 14.7 Å². The summed E-state index contributed by atoms with van der Waals surface area (Å²) in [5, 5.41) is 14.7. The maximum atomic E-state index is 12.0. The molecule has 1 saturated carbocycles. The van der Waals surface area contributed by atoms with E-state index < -0.39 is 5.97 Å². The van der Waals surface area contributed by atoms with Crippen LogP contribution in [0.2, 0.25) is 0 Å². The quantitative estimate of drug-likeness (QED) is 0.790. The molecule has 1 aromatic carbocycles. The molecule has 1 aliphatic rings. The molecular weight excluding hydrogens is 256 g/mol. The first-order valence-electron chi connectivity index (χ1n) is 6.89. The van der Waals surface area contributed by atoms with Crippen molar-refractivity contribution in [1.82, 2.24) is 5.32 Å². The van der Waals surface area contributed by atoms with Crippen LogP contribution in [0.1, 0.15) is 48.5 Å². The van der Waals surface area contributed by atoms with E-state index in [-0.39, 0.29) is 17.1 Å². The van der Waals surface area contributed by atoms with Crippen LogP contribution < -0.4 is 10.6 Å². The fraction of sp³-hybridized carbons (Fsp3) is 0.467. The second-order valence-corrected chi connectivity index (χ2v) is 5.40. The SMILES string of the molecule is CCC1(NC(=O)Nc2ccc(C(=O)O)cc2C)CCC1. The molecule has 3 N–H and O–H groups in total. The van der Waals surface area contributed by atoms with E-state index in [4.69, 9.17) is 5.11 Å². The lowest BCUT2D eigenvalue weighted by molar-refractivity contribution is 0.0697. The summed E-state index contributed by atoms with van der Waals surface area (Å²) >= 11 is 0. The molecule has 0 aromatic heterocycles. The maximum absolute atomic E-state index is 12.0. The van der Waals surface area contributed by atoms with E-state index in [2.05, 4.69) is 17.6 Å². The zero-order chi connectivity index (χ0) is 14.8. The smallest absolute Gasteiger partial charge is 0.335 e. The number of anilines is 1. The number of rotatable bonds is 4. The number of carboxylic acid groups (broad SMARTS) is 1. The number of urea groups is 1. The van der Waals surface area contributed by atoms with Crippen molar-refractivity contribution in [2.75, 3.05) is 5.32 Å². The van der Waals surface area contributed by atoms with Gasteiger partial charge < -0.3 is 15.7 Å². The van der Waals surface area contributed by atoms with Gasteiger partial charge in [0.2, 0.25) is 0 Å². The number of aromatic carboxylic acids is 1. The van der Waals surface area contributed by atoms with Crippen LogP contribution in [0.15, 0.2) is 18.2 Å². The molecule has 0 spiro atoms. The van der Waals surface area contributed by atoms with Gasteiger partial charge in [-0.05, 0) is 56.4 Å². The summed E-state index contributed by atoms with van der Waals surface area (Å²) in [6, 6.07) is 4.44. The second kappa shape index (κ2) is 5.53. The normalized spacial score (nSPS) is 16.1. The van der Waals surface area contributed by atoms with Crippen molar-refractivity contribution in [1.29, 1.82) is 0 Å². The topological polar surface area (TPSA) is 78.4 Å². The van der Waals surface area contributed by atoms with E-state index in [1.807, 2.05) is 0 Å². The molecule has 5 heteroatoms. The van der Waals surface area contributed by atoms with Crippen molar-refractivity contribution >= 4 is 17.7 Å². The molecule has 108 valence electrons. The first-order valence-corrected chi connectivity index (χ1v) is 6.89. The minimum atomic E-state index is -0.969. The van der Waals surface area contributed by atoms with Crippen molar-refractivity contribution in [3.8, 4) is 0 Å². The Labute approximate surface area is 118 Å². The first kappa shape index (κ1) is 14.4. The fourth-order valence-electron chi connectivity index (χ4n) is 2.50. The lowest BCUT2D eigenvalue weighted by atomic mass is 9.75. The van der Waals surface area contributed by atoms with Crippen molar-refractivity contribution in [3.63, 3.8) is 0 Å². The average molecular weight is 276 g/mol. The molecule has 0 heterocycles. The molecule has 0 bridgehead atoms. The second-order valence-electron chi connectivity index (χ2n) is 5.40. The number of hydrogen-bond acceptors (Lipinski definition) is 2. The van der Waals surface area contributed by atoms with Crippen molar-refractivity contribution in [2.24, 2.45) is 0 Å². The van der Waals surface area contributed by atoms with E-state index in [1.165, 1.54) is 6.07 Å². The van der Waals surface area contributed by atoms with Crippen LogP contribution in [-0.4, -0.2) is 22.6 Å². The standard InChI is InChI=1S/C15H20N2O3/c1-3-15(7-4-8-15)17-14(20)16-12-6-5-11(13(18)19)9-10(12)2/h5-6,9H,3-4,7-8H2,1-2H3,(H,18,19)(H2,16,17,20). The molecule has 0 unspecified atom stereocenters. The number of hydrogen-bond donors (Lipinski definition) is 3. The van der Waals surface area contributed by atoms with E-state index in [0.29, 0.717) is 5.69 Å². The molecule has 0 saturated heterocycles. The Morgan fingerprint density at radius 1 is 1.35 bits per heavy atom. The largest absolute Gasteiger partial charge is 0.478 e. The Kier molecular flexibility index (Phi) is 3.97. The summed E-state index contributed by atoms with van der Waals surface area (Å²) in [7, 11) is 0. The predicted molar refractivity (Wildman–Crippen MR) is 77.2 cm³/mol. The lowest BCUT2D eigenvalue weighted by Gasteiger charge is -2.41. The molecule has 1 aliphatic carbocycles. The van der Waals surface area contributed by atoms with Crippen LogP contribution >= 0.6 is 0 Å². The Morgan fingerprint density at radius 3 is 2.50 bits per heavy atom. The van der Waals surface area contributed by atoms with Gasteiger partial charge in [0, 0.05) is 11.2 Å². The highest BCUT2D eigenvalue weighted by atomic mass is 16.4. The van der Waals surface area contributed by atoms with Crippen LogP contribution in [0.25, 0.3) is 0 Å². The van der Waals surface area contributed by atoms with Gasteiger partial charge in [-0.2, -0.15) is 0 Å². The third-order valence-corrected chi connectivity index (χ3v) is 4.09. The van der Waals surface area contributed by atoms with Gasteiger partial charge in [-0.25, -0.2) is 9.59 Å². The summed E-state index contributed by atoms with van der Waals surface area (Å²) in [4.78, 5) is 22.9. The van der Waals surface area contributed by atoms with Gasteiger partial charge in [0.1, 0.15) is 0 Å². The minimum absolute atomic E-state index is 0.0566. The molecule has 1 fully saturated rings. The van der Waals surface area contributed by atoms with Crippen LogP contribution in [0.3, 0.4) is 0 Å². The molecule has 20 heavy (non-hydrogen) atoms. The highest BCUT2D eigenvalue weighted by Gasteiger charge is 2.36. The third kappa shape index (κ3) is 2.92. The van der Waals surface area contributed by atoms with Crippen LogP contribution in [0, 0.1) is 6.92 Å². The monoisotopic (exact) mass is 276 g/mol. The van der Waals surface area contributed by atoms with Gasteiger partial charge in [0.25, 0.3) is 0 Å². The number of carbonyl (C=O) groups is 2. The Morgan fingerprint density at radius 2 is 2.05 bits per heavy atom. The number of benzene rings is 1. The Hall–Kier alpha value is -2.04. The fourth-order valence-corrected chi connectivity index (χ4v) is 2.50. The van der Waals surface area contributed by atoms with Crippen molar-refractivity contribution in [3.05, 3.63) is 29.3 Å². The number of carbonyl (C=O) groups excluding carboxylic acids is 1. The minimum Gasteiger partial charge on any atom is -0.478 e. The molecule has 2 amide bonds. The molecule has 1 aromatic rings. The van der Waals surface area contributed by atoms with Gasteiger partial charge in [-0.15, -0.1) is 0 Å². The van der Waals surface area contributed by atoms with Gasteiger partial charge in [-0.3, -0.25) is 0 Å². The van der Waals surface area contributed by atoms with E-state index in [0.717, 1.165) is 31.2 Å². The Bertz CT molecular complexity index is 530. The summed E-state index contributed by atoms with van der Waals surface area (Å²) in [5.74, 6) is -0.969. The van der Waals surface area contributed by atoms with Gasteiger partial charge in [0.15, 0.2) is 0 Å². The van der Waals surface area contributed by atoms with Crippen LogP contribution in [0.5, 0.6) is 0 Å². The summed E-state index contributed by atoms with van der Waals surface area (Å²) < 4.78 is 0. The van der Waals surface area contributed by atoms with E-state index >= 15 is 0 Å². The number of carboxylic acids is 1. The number of nitrogens with one attached hydrogen (secondary N) is 2. The average Bonchev–Trinajstić information content (AvgIpc) is 2.36. The molecule has 5 nitrogen and oxygen atoms in total. The number of amides is 2. The zero-order valence-corrected chi connectivity index (χ0v) is 11.8. The van der Waals surface area contributed by atoms with Gasteiger partial charge in [0.05, 0.1) is 5.56 Å². The highest BCUT2D eigenvalue weighted by molar-refractivity contribution is 5.93. The van der Waals surface area contributed by atoms with Crippen molar-refractivity contribution in [2.45, 2.75) is 45.1 Å². The molecule has 2 rings (SSSR count). The highest BCUT2D eigenvalue weighted by Crippen LogP contribution is 2.34. The Balaban J connectivity index is 2.02. The van der Waals surface area contributed by atoms with Gasteiger partial charge in [-0.1, -0.05) is 6.92 Å². The maximum Gasteiger partial charge on any atom is 0.335 e. The van der Waals surface area contributed by atoms with E-state index in [1.54, 1.807) is 19.1 Å². The molecule has 0 radical (unpaired) electrons. The summed E-state index contributed by atoms with van der Waals surface area (Å²) in [5.41, 5.74) is 1.54. The first-order chi connectivity index (χ1) is 9.46. The molecule has 0 atom stereocenters.